The zero-order valence-electron chi connectivity index (χ0n) is 23.0. The van der Waals surface area contributed by atoms with E-state index in [1.54, 1.807) is 0 Å². The van der Waals surface area contributed by atoms with Crippen LogP contribution < -0.4 is 0 Å². The molecule has 0 radical (unpaired) electrons. The minimum Gasteiger partial charge on any atom is -0.487 e. The van der Waals surface area contributed by atoms with Gasteiger partial charge in [0.2, 0.25) is 0 Å². The SMILES string of the molecule is CC(C)=CCC/C(C)=C/CC/C(C)=C/CCC1(C)CCC2=C(C)C(O)C(C(C)C)C(C)=C2O1. The monoisotopic (exact) mass is 454 g/mol. The zero-order chi connectivity index (χ0) is 24.8. The van der Waals surface area contributed by atoms with E-state index in [2.05, 4.69) is 80.5 Å². The van der Waals surface area contributed by atoms with Gasteiger partial charge in [-0.25, -0.2) is 0 Å². The number of rotatable bonds is 10. The molecule has 2 nitrogen and oxygen atoms in total. The Morgan fingerprint density at radius 2 is 1.55 bits per heavy atom. The summed E-state index contributed by atoms with van der Waals surface area (Å²) < 4.78 is 6.71. The molecular weight excluding hydrogens is 404 g/mol. The Bertz CT molecular complexity index is 829. The first-order chi connectivity index (χ1) is 15.4. The van der Waals surface area contributed by atoms with Crippen molar-refractivity contribution >= 4 is 0 Å². The molecule has 3 unspecified atom stereocenters. The molecular formula is C31H50O2. The number of ether oxygens (including phenoxy) is 1. The molecule has 0 aromatic carbocycles. The van der Waals surface area contributed by atoms with Gasteiger partial charge in [0.05, 0.1) is 6.10 Å². The molecule has 33 heavy (non-hydrogen) atoms. The third-order valence-electron chi connectivity index (χ3n) is 7.65. The lowest BCUT2D eigenvalue weighted by molar-refractivity contribution is -0.0163. The van der Waals surface area contributed by atoms with Gasteiger partial charge in [-0.2, -0.15) is 0 Å². The Balaban J connectivity index is 1.91. The first kappa shape index (κ1) is 27.7. The lowest BCUT2D eigenvalue weighted by Crippen LogP contribution is -2.39. The Labute approximate surface area is 204 Å². The fraction of sp³-hybridized carbons (Fsp3) is 0.677. The van der Waals surface area contributed by atoms with E-state index in [0.717, 1.165) is 56.3 Å². The van der Waals surface area contributed by atoms with Gasteiger partial charge in [-0.3, -0.25) is 0 Å². The molecule has 1 fully saturated rings. The van der Waals surface area contributed by atoms with Crippen molar-refractivity contribution in [1.29, 1.82) is 0 Å². The third-order valence-corrected chi connectivity index (χ3v) is 7.65. The van der Waals surface area contributed by atoms with Crippen molar-refractivity contribution < 1.29 is 9.84 Å². The van der Waals surface area contributed by atoms with Gasteiger partial charge in [-0.1, -0.05) is 48.8 Å². The van der Waals surface area contributed by atoms with Crippen LogP contribution in [0.1, 0.15) is 114 Å². The van der Waals surface area contributed by atoms with Crippen LogP contribution in [-0.4, -0.2) is 16.8 Å². The van der Waals surface area contributed by atoms with Crippen LogP contribution >= 0.6 is 0 Å². The van der Waals surface area contributed by atoms with E-state index >= 15 is 0 Å². The Hall–Kier alpha value is -1.54. The summed E-state index contributed by atoms with van der Waals surface area (Å²) in [5, 5.41) is 10.9. The van der Waals surface area contributed by atoms with Crippen LogP contribution in [-0.2, 0) is 4.74 Å². The van der Waals surface area contributed by atoms with Crippen molar-refractivity contribution in [2.75, 3.05) is 0 Å². The summed E-state index contributed by atoms with van der Waals surface area (Å²) in [6.07, 6.45) is 15.5. The highest BCUT2D eigenvalue weighted by Gasteiger charge is 2.41. The predicted molar refractivity (Wildman–Crippen MR) is 143 cm³/mol. The molecule has 3 atom stereocenters. The molecule has 2 rings (SSSR count). The molecule has 2 aliphatic rings. The molecule has 0 aromatic rings. The summed E-state index contributed by atoms with van der Waals surface area (Å²) in [5.74, 6) is 1.64. The Morgan fingerprint density at radius 3 is 2.12 bits per heavy atom. The van der Waals surface area contributed by atoms with Crippen molar-refractivity contribution in [3.63, 3.8) is 0 Å². The van der Waals surface area contributed by atoms with Crippen LogP contribution in [0.15, 0.2) is 57.4 Å². The molecule has 1 heterocycles. The zero-order valence-corrected chi connectivity index (χ0v) is 23.0. The Morgan fingerprint density at radius 1 is 0.970 bits per heavy atom. The maximum atomic E-state index is 10.9. The van der Waals surface area contributed by atoms with Crippen LogP contribution in [0.25, 0.3) is 0 Å². The molecule has 1 aliphatic carbocycles. The van der Waals surface area contributed by atoms with E-state index < -0.39 is 0 Å². The predicted octanol–water partition coefficient (Wildman–Crippen LogP) is 8.99. The van der Waals surface area contributed by atoms with Gasteiger partial charge in [-0.15, -0.1) is 0 Å². The molecule has 0 amide bonds. The topological polar surface area (TPSA) is 29.5 Å². The van der Waals surface area contributed by atoms with Crippen molar-refractivity contribution in [1.82, 2.24) is 0 Å². The van der Waals surface area contributed by atoms with Crippen molar-refractivity contribution in [3.05, 3.63) is 57.4 Å². The molecule has 1 N–H and O–H groups in total. The van der Waals surface area contributed by atoms with Gasteiger partial charge in [0.15, 0.2) is 0 Å². The summed E-state index contributed by atoms with van der Waals surface area (Å²) in [6.45, 7) is 19.8. The van der Waals surface area contributed by atoms with E-state index in [0.29, 0.717) is 5.92 Å². The van der Waals surface area contributed by atoms with Gasteiger partial charge in [0.25, 0.3) is 0 Å². The Kier molecular flexibility index (Phi) is 10.3. The van der Waals surface area contributed by atoms with Crippen molar-refractivity contribution in [3.8, 4) is 0 Å². The molecule has 0 saturated carbocycles. The van der Waals surface area contributed by atoms with Gasteiger partial charge in [0.1, 0.15) is 11.4 Å². The maximum absolute atomic E-state index is 10.9. The van der Waals surface area contributed by atoms with Crippen LogP contribution in [0.5, 0.6) is 0 Å². The van der Waals surface area contributed by atoms with E-state index in [9.17, 15) is 5.11 Å². The van der Waals surface area contributed by atoms with Gasteiger partial charge >= 0.3 is 0 Å². The fourth-order valence-corrected chi connectivity index (χ4v) is 5.40. The fourth-order valence-electron chi connectivity index (χ4n) is 5.40. The van der Waals surface area contributed by atoms with Crippen LogP contribution in [0.4, 0.5) is 0 Å². The lowest BCUT2D eigenvalue weighted by Gasteiger charge is -2.44. The number of allylic oxidation sites excluding steroid dienone is 7. The van der Waals surface area contributed by atoms with Crippen molar-refractivity contribution in [2.24, 2.45) is 11.8 Å². The minimum absolute atomic E-state index is 0.123. The maximum Gasteiger partial charge on any atom is 0.122 e. The summed E-state index contributed by atoms with van der Waals surface area (Å²) in [5.41, 5.74) is 7.89. The first-order valence-corrected chi connectivity index (χ1v) is 13.2. The number of fused-ring (bicyclic) bond motifs is 1. The van der Waals surface area contributed by atoms with Crippen molar-refractivity contribution in [2.45, 2.75) is 125 Å². The van der Waals surface area contributed by atoms with Crippen LogP contribution in [0.2, 0.25) is 0 Å². The normalized spacial score (nSPS) is 26.5. The smallest absolute Gasteiger partial charge is 0.122 e. The van der Waals surface area contributed by atoms with E-state index in [4.69, 9.17) is 4.74 Å². The largest absolute Gasteiger partial charge is 0.487 e. The van der Waals surface area contributed by atoms with Crippen LogP contribution in [0, 0.1) is 11.8 Å². The molecule has 0 aromatic heterocycles. The average Bonchev–Trinajstić information content (AvgIpc) is 2.71. The summed E-state index contributed by atoms with van der Waals surface area (Å²) in [7, 11) is 0. The highest BCUT2D eigenvalue weighted by molar-refractivity contribution is 5.43. The summed E-state index contributed by atoms with van der Waals surface area (Å²) >= 11 is 0. The second-order valence-corrected chi connectivity index (χ2v) is 11.4. The second kappa shape index (κ2) is 12.2. The quantitative estimate of drug-likeness (QED) is 0.334. The molecule has 186 valence electrons. The van der Waals surface area contributed by atoms with E-state index in [1.165, 1.54) is 34.3 Å². The van der Waals surface area contributed by atoms with E-state index in [-0.39, 0.29) is 17.6 Å². The van der Waals surface area contributed by atoms with Gasteiger partial charge < -0.3 is 9.84 Å². The number of hydrogen-bond donors (Lipinski definition) is 1. The highest BCUT2D eigenvalue weighted by Crippen LogP contribution is 2.47. The molecule has 2 heteroatoms. The minimum atomic E-state index is -0.368. The highest BCUT2D eigenvalue weighted by atomic mass is 16.5. The standard InChI is InChI=1S/C31H50O2/c1-21(2)13-10-14-23(5)15-11-16-24(6)17-12-19-31(9)20-18-27-25(7)29(32)28(22(3)4)26(8)30(27)33-31/h13,15,17,22,28-29,32H,10-12,14,16,18-20H2,1-9H3/b23-15+,24-17+. The van der Waals surface area contributed by atoms with Crippen LogP contribution in [0.3, 0.4) is 0 Å². The number of aliphatic hydroxyl groups excluding tert-OH is 1. The first-order valence-electron chi connectivity index (χ1n) is 13.2. The van der Waals surface area contributed by atoms with Gasteiger partial charge in [0, 0.05) is 5.92 Å². The summed E-state index contributed by atoms with van der Waals surface area (Å²) in [4.78, 5) is 0. The molecule has 0 bridgehead atoms. The number of aliphatic hydroxyl groups is 1. The number of hydrogen-bond acceptors (Lipinski definition) is 2. The summed E-state index contributed by atoms with van der Waals surface area (Å²) in [6, 6.07) is 0. The second-order valence-electron chi connectivity index (χ2n) is 11.4. The molecule has 1 aliphatic heterocycles. The van der Waals surface area contributed by atoms with E-state index in [1.807, 2.05) is 0 Å². The average molecular weight is 455 g/mol. The lowest BCUT2D eigenvalue weighted by atomic mass is 9.73. The van der Waals surface area contributed by atoms with Gasteiger partial charge in [-0.05, 0) is 122 Å². The molecule has 0 spiro atoms. The molecule has 1 saturated heterocycles. The third kappa shape index (κ3) is 7.74.